The average molecular weight is 497 g/mol. The van der Waals surface area contributed by atoms with Gasteiger partial charge in [0.1, 0.15) is 5.69 Å². The standard InChI is InChI=1S/C21H31N5O.HI/c1-17-9-13-26(14-10-17)12-6-11-23-21(22-2)24-16-19-15-20(27-25-19)18-7-4-3-5-8-18;/h3-5,7-8,15,17H,6,9-14,16H2,1-2H3,(H2,22,23,24);1H. The molecule has 3 rings (SSSR count). The van der Waals surface area contributed by atoms with Gasteiger partial charge >= 0.3 is 0 Å². The molecule has 1 aromatic heterocycles. The number of guanidine groups is 1. The second-order valence-corrected chi connectivity index (χ2v) is 7.28. The van der Waals surface area contributed by atoms with Crippen molar-refractivity contribution < 1.29 is 4.52 Å². The van der Waals surface area contributed by atoms with Crippen molar-refractivity contribution in [2.24, 2.45) is 10.9 Å². The Labute approximate surface area is 185 Å². The molecule has 0 amide bonds. The zero-order chi connectivity index (χ0) is 18.9. The van der Waals surface area contributed by atoms with Gasteiger partial charge in [0.05, 0.1) is 6.54 Å². The lowest BCUT2D eigenvalue weighted by molar-refractivity contribution is 0.191. The number of benzene rings is 1. The molecule has 1 aromatic carbocycles. The number of aromatic nitrogens is 1. The summed E-state index contributed by atoms with van der Waals surface area (Å²) < 4.78 is 5.43. The minimum Gasteiger partial charge on any atom is -0.356 e. The van der Waals surface area contributed by atoms with Crippen molar-refractivity contribution in [3.8, 4) is 11.3 Å². The maximum absolute atomic E-state index is 5.43. The summed E-state index contributed by atoms with van der Waals surface area (Å²) in [5, 5.41) is 10.8. The van der Waals surface area contributed by atoms with Gasteiger partial charge in [-0.05, 0) is 44.8 Å². The summed E-state index contributed by atoms with van der Waals surface area (Å²) >= 11 is 0. The first-order valence-electron chi connectivity index (χ1n) is 9.92. The van der Waals surface area contributed by atoms with E-state index in [-0.39, 0.29) is 24.0 Å². The van der Waals surface area contributed by atoms with Crippen LogP contribution in [0.5, 0.6) is 0 Å². The number of nitrogens with one attached hydrogen (secondary N) is 2. The molecule has 0 spiro atoms. The molecule has 0 aliphatic carbocycles. The summed E-state index contributed by atoms with van der Waals surface area (Å²) in [5.74, 6) is 2.47. The SMILES string of the molecule is CN=C(NCCCN1CCC(C)CC1)NCc1cc(-c2ccccc2)on1.I. The molecule has 1 saturated heterocycles. The van der Waals surface area contributed by atoms with Crippen LogP contribution in [0.1, 0.15) is 31.9 Å². The highest BCUT2D eigenvalue weighted by Crippen LogP contribution is 2.19. The minimum absolute atomic E-state index is 0. The Morgan fingerprint density at radius 3 is 2.68 bits per heavy atom. The molecular weight excluding hydrogens is 465 g/mol. The van der Waals surface area contributed by atoms with Gasteiger partial charge in [-0.25, -0.2) is 0 Å². The summed E-state index contributed by atoms with van der Waals surface area (Å²) in [7, 11) is 1.79. The molecule has 2 aromatic rings. The number of hydrogen-bond donors (Lipinski definition) is 2. The largest absolute Gasteiger partial charge is 0.356 e. The molecule has 154 valence electrons. The second-order valence-electron chi connectivity index (χ2n) is 7.28. The van der Waals surface area contributed by atoms with Crippen LogP contribution in [-0.4, -0.2) is 49.2 Å². The van der Waals surface area contributed by atoms with Crippen LogP contribution in [0.4, 0.5) is 0 Å². The smallest absolute Gasteiger partial charge is 0.191 e. The quantitative estimate of drug-likeness (QED) is 0.264. The van der Waals surface area contributed by atoms with E-state index in [1.54, 1.807) is 7.05 Å². The van der Waals surface area contributed by atoms with Crippen molar-refractivity contribution in [2.45, 2.75) is 32.7 Å². The zero-order valence-electron chi connectivity index (χ0n) is 16.9. The van der Waals surface area contributed by atoms with Crippen LogP contribution in [0, 0.1) is 5.92 Å². The molecule has 6 nitrogen and oxygen atoms in total. The van der Waals surface area contributed by atoms with Crippen molar-refractivity contribution >= 4 is 29.9 Å². The fourth-order valence-corrected chi connectivity index (χ4v) is 3.32. The number of nitrogens with zero attached hydrogens (tertiary/aromatic N) is 3. The first kappa shape index (κ1) is 22.7. The highest BCUT2D eigenvalue weighted by atomic mass is 127. The molecular formula is C21H32IN5O. The van der Waals surface area contributed by atoms with E-state index in [9.17, 15) is 0 Å². The van der Waals surface area contributed by atoms with Crippen LogP contribution in [-0.2, 0) is 6.54 Å². The molecule has 1 aliphatic heterocycles. The van der Waals surface area contributed by atoms with Gasteiger partial charge < -0.3 is 20.1 Å². The Balaban J connectivity index is 0.00000280. The first-order chi connectivity index (χ1) is 13.2. The van der Waals surface area contributed by atoms with Gasteiger partial charge in [-0.2, -0.15) is 0 Å². The van der Waals surface area contributed by atoms with E-state index in [0.29, 0.717) is 6.54 Å². The van der Waals surface area contributed by atoms with E-state index in [2.05, 4.69) is 32.6 Å². The second kappa shape index (κ2) is 12.1. The zero-order valence-corrected chi connectivity index (χ0v) is 19.2. The maximum Gasteiger partial charge on any atom is 0.191 e. The monoisotopic (exact) mass is 497 g/mol. The van der Waals surface area contributed by atoms with Crippen molar-refractivity contribution in [1.29, 1.82) is 0 Å². The highest BCUT2D eigenvalue weighted by molar-refractivity contribution is 14.0. The minimum atomic E-state index is 0. The Kier molecular flexibility index (Phi) is 9.77. The molecule has 1 fully saturated rings. The van der Waals surface area contributed by atoms with Gasteiger partial charge in [0, 0.05) is 25.2 Å². The van der Waals surface area contributed by atoms with E-state index in [0.717, 1.165) is 48.4 Å². The number of hydrogen-bond acceptors (Lipinski definition) is 4. The average Bonchev–Trinajstić information content (AvgIpc) is 3.18. The maximum atomic E-state index is 5.43. The Morgan fingerprint density at radius 2 is 1.96 bits per heavy atom. The normalized spacial score (nSPS) is 15.9. The third-order valence-corrected chi connectivity index (χ3v) is 5.10. The summed E-state index contributed by atoms with van der Waals surface area (Å²) in [6, 6.07) is 12.0. The summed E-state index contributed by atoms with van der Waals surface area (Å²) in [4.78, 5) is 6.85. The predicted octanol–water partition coefficient (Wildman–Crippen LogP) is 3.75. The molecule has 0 unspecified atom stereocenters. The fraction of sp³-hybridized carbons (Fsp3) is 0.524. The molecule has 2 heterocycles. The van der Waals surface area contributed by atoms with Crippen LogP contribution in [0.3, 0.4) is 0 Å². The van der Waals surface area contributed by atoms with Gasteiger partial charge in [-0.1, -0.05) is 42.4 Å². The van der Waals surface area contributed by atoms with Crippen LogP contribution < -0.4 is 10.6 Å². The van der Waals surface area contributed by atoms with Crippen molar-refractivity contribution in [3.05, 3.63) is 42.1 Å². The van der Waals surface area contributed by atoms with Gasteiger partial charge in [0.25, 0.3) is 0 Å². The highest BCUT2D eigenvalue weighted by Gasteiger charge is 2.14. The van der Waals surface area contributed by atoms with E-state index >= 15 is 0 Å². The molecule has 1 aliphatic rings. The van der Waals surface area contributed by atoms with Crippen LogP contribution in [0.2, 0.25) is 0 Å². The first-order valence-corrected chi connectivity index (χ1v) is 9.92. The number of rotatable bonds is 7. The summed E-state index contributed by atoms with van der Waals surface area (Å²) in [6.07, 6.45) is 3.79. The van der Waals surface area contributed by atoms with Gasteiger partial charge in [-0.3, -0.25) is 4.99 Å². The van der Waals surface area contributed by atoms with Crippen LogP contribution in [0.15, 0.2) is 45.9 Å². The van der Waals surface area contributed by atoms with Gasteiger partial charge in [-0.15, -0.1) is 24.0 Å². The molecule has 0 saturated carbocycles. The van der Waals surface area contributed by atoms with Crippen molar-refractivity contribution in [2.75, 3.05) is 33.2 Å². The number of halogens is 1. The Morgan fingerprint density at radius 1 is 1.21 bits per heavy atom. The van der Waals surface area contributed by atoms with E-state index < -0.39 is 0 Å². The van der Waals surface area contributed by atoms with Crippen molar-refractivity contribution in [1.82, 2.24) is 20.7 Å². The lowest BCUT2D eigenvalue weighted by Gasteiger charge is -2.30. The van der Waals surface area contributed by atoms with Crippen LogP contribution in [0.25, 0.3) is 11.3 Å². The number of aliphatic imine (C=N–C) groups is 1. The molecule has 0 radical (unpaired) electrons. The molecule has 28 heavy (non-hydrogen) atoms. The number of likely N-dealkylation sites (tertiary alicyclic amines) is 1. The summed E-state index contributed by atoms with van der Waals surface area (Å²) in [5.41, 5.74) is 1.89. The van der Waals surface area contributed by atoms with E-state index in [1.807, 2.05) is 36.4 Å². The summed E-state index contributed by atoms with van der Waals surface area (Å²) in [6.45, 7) is 7.49. The topological polar surface area (TPSA) is 65.7 Å². The fourth-order valence-electron chi connectivity index (χ4n) is 3.32. The van der Waals surface area contributed by atoms with E-state index in [4.69, 9.17) is 4.52 Å². The lowest BCUT2D eigenvalue weighted by atomic mass is 9.99. The van der Waals surface area contributed by atoms with Crippen molar-refractivity contribution in [3.63, 3.8) is 0 Å². The van der Waals surface area contributed by atoms with E-state index in [1.165, 1.54) is 25.9 Å². The molecule has 0 atom stereocenters. The Hall–Kier alpha value is -1.61. The molecule has 7 heteroatoms. The number of piperidine rings is 1. The predicted molar refractivity (Wildman–Crippen MR) is 125 cm³/mol. The van der Waals surface area contributed by atoms with Gasteiger partial charge in [0.15, 0.2) is 11.7 Å². The third-order valence-electron chi connectivity index (χ3n) is 5.10. The van der Waals surface area contributed by atoms with Crippen LogP contribution >= 0.6 is 24.0 Å². The third kappa shape index (κ3) is 7.09. The Bertz CT molecular complexity index is 711. The van der Waals surface area contributed by atoms with Gasteiger partial charge in [0.2, 0.25) is 0 Å². The molecule has 0 bridgehead atoms. The molecule has 2 N–H and O–H groups in total. The lowest BCUT2D eigenvalue weighted by Crippen LogP contribution is -2.39.